The first-order valence-corrected chi connectivity index (χ1v) is 13.1. The van der Waals surface area contributed by atoms with E-state index < -0.39 is 0 Å². The summed E-state index contributed by atoms with van der Waals surface area (Å²) in [6.07, 6.45) is 25.9. The summed E-state index contributed by atoms with van der Waals surface area (Å²) in [7, 11) is 0. The fourth-order valence-corrected chi connectivity index (χ4v) is 5.16. The zero-order valence-electron chi connectivity index (χ0n) is 20.4. The van der Waals surface area contributed by atoms with Crippen molar-refractivity contribution in [3.05, 3.63) is 0 Å². The molecule has 0 rings (SSSR count). The van der Waals surface area contributed by atoms with Crippen LogP contribution in [0.2, 0.25) is 0 Å². The highest BCUT2D eigenvalue weighted by atomic mass is 14.4. The molecule has 27 heavy (non-hydrogen) atoms. The van der Waals surface area contributed by atoms with Crippen LogP contribution in [0.15, 0.2) is 0 Å². The Kier molecular flexibility index (Phi) is 18.1. The van der Waals surface area contributed by atoms with Gasteiger partial charge in [-0.3, -0.25) is 0 Å². The standard InChI is InChI=1S/C27H56/c1-7-12-15-16-17-18-19-20-21-25(6)27(11-5,23-14-9-3)24-26(10-4)22-13-8-2/h25-26H,7-24H2,1-6H3. The van der Waals surface area contributed by atoms with E-state index >= 15 is 0 Å². The number of unbranched alkanes of at least 4 members (excludes halogenated alkanes) is 9. The Bertz CT molecular complexity index is 294. The summed E-state index contributed by atoms with van der Waals surface area (Å²) in [5.74, 6) is 1.87. The second-order valence-electron chi connectivity index (χ2n) is 9.60. The summed E-state index contributed by atoms with van der Waals surface area (Å²) in [4.78, 5) is 0. The lowest BCUT2D eigenvalue weighted by Gasteiger charge is -2.42. The minimum atomic E-state index is 0.617. The topological polar surface area (TPSA) is 0 Å². The van der Waals surface area contributed by atoms with Gasteiger partial charge in [0.15, 0.2) is 0 Å². The lowest BCUT2D eigenvalue weighted by molar-refractivity contribution is 0.0890. The Morgan fingerprint density at radius 1 is 0.593 bits per heavy atom. The lowest BCUT2D eigenvalue weighted by Crippen LogP contribution is -2.31. The van der Waals surface area contributed by atoms with Crippen LogP contribution in [0, 0.1) is 17.3 Å². The molecule has 0 N–H and O–H groups in total. The molecule has 0 saturated heterocycles. The third kappa shape index (κ3) is 12.2. The Labute approximate surface area is 174 Å². The van der Waals surface area contributed by atoms with Crippen molar-refractivity contribution in [2.24, 2.45) is 17.3 Å². The second kappa shape index (κ2) is 18.1. The Hall–Kier alpha value is 0. The van der Waals surface area contributed by atoms with E-state index in [4.69, 9.17) is 0 Å². The minimum Gasteiger partial charge on any atom is -0.0654 e. The Morgan fingerprint density at radius 2 is 1.15 bits per heavy atom. The van der Waals surface area contributed by atoms with E-state index in [0.29, 0.717) is 5.41 Å². The van der Waals surface area contributed by atoms with Crippen molar-refractivity contribution in [3.8, 4) is 0 Å². The molecule has 3 atom stereocenters. The minimum absolute atomic E-state index is 0.617. The van der Waals surface area contributed by atoms with Gasteiger partial charge < -0.3 is 0 Å². The first kappa shape index (κ1) is 27.0. The molecule has 0 nitrogen and oxygen atoms in total. The number of hydrogen-bond acceptors (Lipinski definition) is 0. The molecule has 0 aromatic rings. The molecule has 0 bridgehead atoms. The van der Waals surface area contributed by atoms with E-state index in [9.17, 15) is 0 Å². The molecular formula is C27H56. The summed E-state index contributed by atoms with van der Waals surface area (Å²) < 4.78 is 0. The van der Waals surface area contributed by atoms with Gasteiger partial charge in [-0.1, -0.05) is 144 Å². The molecule has 0 aliphatic heterocycles. The monoisotopic (exact) mass is 380 g/mol. The highest BCUT2D eigenvalue weighted by molar-refractivity contribution is 4.86. The van der Waals surface area contributed by atoms with Crippen LogP contribution in [0.25, 0.3) is 0 Å². The Morgan fingerprint density at radius 3 is 1.67 bits per heavy atom. The van der Waals surface area contributed by atoms with Gasteiger partial charge in [0.25, 0.3) is 0 Å². The second-order valence-corrected chi connectivity index (χ2v) is 9.60. The van der Waals surface area contributed by atoms with Gasteiger partial charge in [0, 0.05) is 0 Å². The first-order valence-electron chi connectivity index (χ1n) is 13.1. The predicted molar refractivity (Wildman–Crippen MR) is 127 cm³/mol. The molecule has 0 spiro atoms. The average Bonchev–Trinajstić information content (AvgIpc) is 2.69. The van der Waals surface area contributed by atoms with Gasteiger partial charge in [-0.25, -0.2) is 0 Å². The molecule has 3 unspecified atom stereocenters. The maximum absolute atomic E-state index is 2.60. The van der Waals surface area contributed by atoms with Crippen molar-refractivity contribution in [2.75, 3.05) is 0 Å². The van der Waals surface area contributed by atoms with E-state index in [1.54, 1.807) is 0 Å². The molecule has 0 aromatic heterocycles. The molecular weight excluding hydrogens is 324 g/mol. The molecule has 0 fully saturated rings. The van der Waals surface area contributed by atoms with Crippen molar-refractivity contribution in [1.82, 2.24) is 0 Å². The van der Waals surface area contributed by atoms with Crippen LogP contribution >= 0.6 is 0 Å². The van der Waals surface area contributed by atoms with Gasteiger partial charge in [-0.15, -0.1) is 0 Å². The van der Waals surface area contributed by atoms with Crippen molar-refractivity contribution >= 4 is 0 Å². The molecule has 0 amide bonds. The third-order valence-electron chi connectivity index (χ3n) is 7.51. The molecule has 164 valence electrons. The van der Waals surface area contributed by atoms with E-state index in [1.807, 2.05) is 0 Å². The third-order valence-corrected chi connectivity index (χ3v) is 7.51. The zero-order valence-corrected chi connectivity index (χ0v) is 20.4. The fraction of sp³-hybridized carbons (Fsp3) is 1.00. The Balaban J connectivity index is 4.52. The summed E-state index contributed by atoms with van der Waals surface area (Å²) in [5.41, 5.74) is 0.617. The highest BCUT2D eigenvalue weighted by Crippen LogP contribution is 2.46. The van der Waals surface area contributed by atoms with Gasteiger partial charge >= 0.3 is 0 Å². The van der Waals surface area contributed by atoms with Crippen LogP contribution in [0.1, 0.15) is 157 Å². The SMILES string of the molecule is CCCCCCCCCCC(C)C(CC)(CCCC)CC(CC)CCCC. The first-order chi connectivity index (χ1) is 13.1. The predicted octanol–water partition coefficient (Wildman–Crippen LogP) is 10.3. The normalized spacial score (nSPS) is 16.2. The van der Waals surface area contributed by atoms with E-state index in [-0.39, 0.29) is 0 Å². The molecule has 0 aromatic carbocycles. The van der Waals surface area contributed by atoms with Crippen LogP contribution in [-0.4, -0.2) is 0 Å². The summed E-state index contributed by atoms with van der Waals surface area (Å²) in [6.45, 7) is 14.6. The number of hydrogen-bond donors (Lipinski definition) is 0. The zero-order chi connectivity index (χ0) is 20.4. The van der Waals surface area contributed by atoms with Crippen LogP contribution < -0.4 is 0 Å². The van der Waals surface area contributed by atoms with Crippen molar-refractivity contribution < 1.29 is 0 Å². The van der Waals surface area contributed by atoms with Gasteiger partial charge in [-0.05, 0) is 30.1 Å². The van der Waals surface area contributed by atoms with Crippen LogP contribution in [0.5, 0.6) is 0 Å². The average molecular weight is 381 g/mol. The van der Waals surface area contributed by atoms with Gasteiger partial charge in [0.2, 0.25) is 0 Å². The maximum atomic E-state index is 2.60. The molecule has 0 saturated carbocycles. The van der Waals surface area contributed by atoms with Gasteiger partial charge in [0.05, 0.1) is 0 Å². The maximum Gasteiger partial charge on any atom is -0.0272 e. The van der Waals surface area contributed by atoms with Crippen molar-refractivity contribution in [1.29, 1.82) is 0 Å². The fourth-order valence-electron chi connectivity index (χ4n) is 5.16. The van der Waals surface area contributed by atoms with E-state index in [1.165, 1.54) is 116 Å². The summed E-state index contributed by atoms with van der Waals surface area (Å²) >= 11 is 0. The van der Waals surface area contributed by atoms with Gasteiger partial charge in [0.1, 0.15) is 0 Å². The van der Waals surface area contributed by atoms with Crippen molar-refractivity contribution in [2.45, 2.75) is 157 Å². The van der Waals surface area contributed by atoms with Crippen LogP contribution in [-0.2, 0) is 0 Å². The number of rotatable bonds is 20. The summed E-state index contributed by atoms with van der Waals surface area (Å²) in [6, 6.07) is 0. The smallest absolute Gasteiger partial charge is 0.0272 e. The van der Waals surface area contributed by atoms with Crippen LogP contribution in [0.3, 0.4) is 0 Å². The lowest BCUT2D eigenvalue weighted by atomic mass is 9.63. The van der Waals surface area contributed by atoms with Crippen LogP contribution in [0.4, 0.5) is 0 Å². The quantitative estimate of drug-likeness (QED) is 0.184. The molecule has 0 aliphatic carbocycles. The van der Waals surface area contributed by atoms with E-state index in [2.05, 4.69) is 41.5 Å². The van der Waals surface area contributed by atoms with Gasteiger partial charge in [-0.2, -0.15) is 0 Å². The summed E-state index contributed by atoms with van der Waals surface area (Å²) in [5, 5.41) is 0. The van der Waals surface area contributed by atoms with E-state index in [0.717, 1.165) is 11.8 Å². The molecule has 0 heteroatoms. The van der Waals surface area contributed by atoms with Crippen molar-refractivity contribution in [3.63, 3.8) is 0 Å². The molecule has 0 aliphatic rings. The largest absolute Gasteiger partial charge is 0.0654 e. The highest BCUT2D eigenvalue weighted by Gasteiger charge is 2.35. The molecule has 0 heterocycles. The molecule has 0 radical (unpaired) electrons.